The Kier molecular flexibility index (Phi) is 1.06. The predicted molar refractivity (Wildman–Crippen MR) is 45.0 cm³/mol. The van der Waals surface area contributed by atoms with Crippen LogP contribution in [0.25, 0.3) is 5.65 Å². The van der Waals surface area contributed by atoms with Gasteiger partial charge in [0.2, 0.25) is 0 Å². The van der Waals surface area contributed by atoms with Gasteiger partial charge in [-0.2, -0.15) is 5.10 Å². The quantitative estimate of drug-likeness (QED) is 0.578. The minimum Gasteiger partial charge on any atom is -0.232 e. The zero-order valence-corrected chi connectivity index (χ0v) is 6.70. The summed E-state index contributed by atoms with van der Waals surface area (Å²) in [5.41, 5.74) is 3.54. The van der Waals surface area contributed by atoms with Gasteiger partial charge in [0.25, 0.3) is 0 Å². The third-order valence-electron chi connectivity index (χ3n) is 2.40. The first-order chi connectivity index (χ1) is 5.95. The van der Waals surface area contributed by atoms with Crippen LogP contribution in [0.1, 0.15) is 17.8 Å². The lowest BCUT2D eigenvalue weighted by Gasteiger charge is -1.93. The molecule has 0 unspecified atom stereocenters. The number of hydrogen-bond acceptors (Lipinski definition) is 2. The van der Waals surface area contributed by atoms with Crippen LogP contribution in [0.4, 0.5) is 0 Å². The van der Waals surface area contributed by atoms with Gasteiger partial charge in [-0.25, -0.2) is 9.50 Å². The van der Waals surface area contributed by atoms with Gasteiger partial charge < -0.3 is 0 Å². The molecule has 3 heteroatoms. The van der Waals surface area contributed by atoms with Gasteiger partial charge in [0.15, 0.2) is 5.65 Å². The van der Waals surface area contributed by atoms with Gasteiger partial charge >= 0.3 is 0 Å². The average Bonchev–Trinajstić information content (AvgIpc) is 2.62. The third-order valence-corrected chi connectivity index (χ3v) is 2.40. The second-order valence-electron chi connectivity index (χ2n) is 3.15. The first-order valence-electron chi connectivity index (χ1n) is 4.27. The van der Waals surface area contributed by atoms with E-state index in [2.05, 4.69) is 10.1 Å². The number of nitrogens with zero attached hydrogens (tertiary/aromatic N) is 3. The highest BCUT2D eigenvalue weighted by atomic mass is 15.3. The first-order valence-corrected chi connectivity index (χ1v) is 4.27. The van der Waals surface area contributed by atoms with Crippen LogP contribution in [0.15, 0.2) is 18.3 Å². The molecule has 3 nitrogen and oxygen atoms in total. The summed E-state index contributed by atoms with van der Waals surface area (Å²) in [6, 6.07) is 3.93. The molecule has 2 heterocycles. The fourth-order valence-electron chi connectivity index (χ4n) is 1.86. The van der Waals surface area contributed by atoms with Crippen LogP contribution >= 0.6 is 0 Å². The number of fused-ring (bicyclic) bond motifs is 3. The van der Waals surface area contributed by atoms with Crippen LogP contribution in [0, 0.1) is 0 Å². The molecule has 12 heavy (non-hydrogen) atoms. The minimum atomic E-state index is 0.988. The van der Waals surface area contributed by atoms with Gasteiger partial charge in [0, 0.05) is 6.20 Å². The van der Waals surface area contributed by atoms with Crippen molar-refractivity contribution in [1.82, 2.24) is 14.6 Å². The molecule has 1 aliphatic carbocycles. The van der Waals surface area contributed by atoms with E-state index in [1.54, 1.807) is 0 Å². The van der Waals surface area contributed by atoms with Gasteiger partial charge in [0.1, 0.15) is 0 Å². The van der Waals surface area contributed by atoms with Crippen molar-refractivity contribution < 1.29 is 0 Å². The summed E-state index contributed by atoms with van der Waals surface area (Å²) < 4.78 is 1.96. The Bertz CT molecular complexity index is 430. The molecule has 0 atom stereocenters. The van der Waals surface area contributed by atoms with Crippen LogP contribution in [0.2, 0.25) is 0 Å². The predicted octanol–water partition coefficient (Wildman–Crippen LogP) is 1.22. The first kappa shape index (κ1) is 6.17. The van der Waals surface area contributed by atoms with Crippen LogP contribution in [-0.2, 0) is 12.8 Å². The highest BCUT2D eigenvalue weighted by Gasteiger charge is 2.17. The Morgan fingerprint density at radius 3 is 3.33 bits per heavy atom. The number of rotatable bonds is 0. The van der Waals surface area contributed by atoms with E-state index < -0.39 is 0 Å². The van der Waals surface area contributed by atoms with Crippen molar-refractivity contribution in [3.63, 3.8) is 0 Å². The van der Waals surface area contributed by atoms with E-state index in [0.717, 1.165) is 18.5 Å². The molecule has 0 bridgehead atoms. The molecule has 3 rings (SSSR count). The Morgan fingerprint density at radius 2 is 2.33 bits per heavy atom. The average molecular weight is 159 g/mol. The van der Waals surface area contributed by atoms with Crippen molar-refractivity contribution in [2.45, 2.75) is 19.3 Å². The van der Waals surface area contributed by atoms with E-state index >= 15 is 0 Å². The number of imidazole rings is 1. The smallest absolute Gasteiger partial charge is 0.154 e. The largest absolute Gasteiger partial charge is 0.232 e. The Morgan fingerprint density at radius 1 is 1.33 bits per heavy atom. The molecule has 0 aliphatic heterocycles. The normalized spacial score (nSPS) is 15.3. The number of hydrogen-bond donors (Lipinski definition) is 0. The molecule has 0 radical (unpaired) electrons. The van der Waals surface area contributed by atoms with Crippen molar-refractivity contribution in [2.24, 2.45) is 0 Å². The van der Waals surface area contributed by atoms with Crippen LogP contribution in [0.3, 0.4) is 0 Å². The Labute approximate surface area is 70.0 Å². The zero-order chi connectivity index (χ0) is 7.97. The summed E-state index contributed by atoms with van der Waals surface area (Å²) >= 11 is 0. The monoisotopic (exact) mass is 159 g/mol. The molecule has 0 saturated carbocycles. The van der Waals surface area contributed by atoms with Gasteiger partial charge in [-0.05, 0) is 31.4 Å². The third kappa shape index (κ3) is 0.656. The molecule has 1 aliphatic rings. The molecule has 2 aromatic heterocycles. The maximum Gasteiger partial charge on any atom is 0.154 e. The topological polar surface area (TPSA) is 30.2 Å². The minimum absolute atomic E-state index is 0.988. The SMILES string of the molecule is c1cnn2c3c(nc2c1)CCC3. The molecule has 0 N–H and O–H groups in total. The summed E-state index contributed by atoms with van der Waals surface area (Å²) in [6.45, 7) is 0. The molecular formula is C9H9N3. The molecule has 60 valence electrons. The molecule has 0 aromatic carbocycles. The van der Waals surface area contributed by atoms with Crippen molar-refractivity contribution in [3.8, 4) is 0 Å². The Hall–Kier alpha value is -1.38. The molecule has 0 amide bonds. The second-order valence-corrected chi connectivity index (χ2v) is 3.15. The van der Waals surface area contributed by atoms with Crippen molar-refractivity contribution in [2.75, 3.05) is 0 Å². The van der Waals surface area contributed by atoms with E-state index in [4.69, 9.17) is 0 Å². The lowest BCUT2D eigenvalue weighted by molar-refractivity contribution is 0.821. The van der Waals surface area contributed by atoms with Crippen LogP contribution < -0.4 is 0 Å². The summed E-state index contributed by atoms with van der Waals surface area (Å²) in [4.78, 5) is 4.49. The standard InChI is InChI=1S/C9H9N3/c1-3-7-8(4-1)12-9(11-7)5-2-6-10-12/h2,5-6H,1,3-4H2. The van der Waals surface area contributed by atoms with Gasteiger partial charge in [0.05, 0.1) is 11.4 Å². The summed E-state index contributed by atoms with van der Waals surface area (Å²) in [5.74, 6) is 0. The molecule has 0 fully saturated rings. The van der Waals surface area contributed by atoms with Crippen LogP contribution in [0.5, 0.6) is 0 Å². The fraction of sp³-hybridized carbons (Fsp3) is 0.333. The van der Waals surface area contributed by atoms with Gasteiger partial charge in [-0.15, -0.1) is 0 Å². The fourth-order valence-corrected chi connectivity index (χ4v) is 1.86. The summed E-state index contributed by atoms with van der Waals surface area (Å²) in [7, 11) is 0. The summed E-state index contributed by atoms with van der Waals surface area (Å²) in [6.07, 6.45) is 5.30. The zero-order valence-electron chi connectivity index (χ0n) is 6.70. The summed E-state index contributed by atoms with van der Waals surface area (Å²) in [5, 5.41) is 4.27. The molecule has 0 saturated heterocycles. The van der Waals surface area contributed by atoms with Crippen molar-refractivity contribution >= 4 is 5.65 Å². The number of aryl methyl sites for hydroxylation is 2. The van der Waals surface area contributed by atoms with Crippen LogP contribution in [-0.4, -0.2) is 14.6 Å². The van der Waals surface area contributed by atoms with E-state index in [0.29, 0.717) is 0 Å². The molecular weight excluding hydrogens is 150 g/mol. The lowest BCUT2D eigenvalue weighted by atomic mass is 10.3. The number of aromatic nitrogens is 3. The van der Waals surface area contributed by atoms with E-state index in [1.807, 2.05) is 22.8 Å². The van der Waals surface area contributed by atoms with E-state index in [9.17, 15) is 0 Å². The van der Waals surface area contributed by atoms with Crippen molar-refractivity contribution in [1.29, 1.82) is 0 Å². The second kappa shape index (κ2) is 2.06. The van der Waals surface area contributed by atoms with E-state index in [-0.39, 0.29) is 0 Å². The maximum absolute atomic E-state index is 4.49. The van der Waals surface area contributed by atoms with Gasteiger partial charge in [-0.3, -0.25) is 0 Å². The van der Waals surface area contributed by atoms with E-state index in [1.165, 1.54) is 17.8 Å². The lowest BCUT2D eigenvalue weighted by Crippen LogP contribution is -1.94. The van der Waals surface area contributed by atoms with Crippen molar-refractivity contribution in [3.05, 3.63) is 29.7 Å². The Balaban J connectivity index is 2.44. The molecule has 2 aromatic rings. The highest BCUT2D eigenvalue weighted by molar-refractivity contribution is 5.42. The molecule has 0 spiro atoms. The van der Waals surface area contributed by atoms with Gasteiger partial charge in [-0.1, -0.05) is 0 Å². The maximum atomic E-state index is 4.49. The highest BCUT2D eigenvalue weighted by Crippen LogP contribution is 2.21.